The molecule has 1 atom stereocenters. The van der Waals surface area contributed by atoms with Crippen LogP contribution in [0.3, 0.4) is 0 Å². The largest absolute Gasteiger partial charge is 0.383 e. The summed E-state index contributed by atoms with van der Waals surface area (Å²) >= 11 is 10.1. The summed E-state index contributed by atoms with van der Waals surface area (Å²) < 4.78 is 14.2. The van der Waals surface area contributed by atoms with Crippen molar-refractivity contribution in [1.29, 1.82) is 0 Å². The summed E-state index contributed by atoms with van der Waals surface area (Å²) in [6.45, 7) is 0. The molecule has 2 rings (SSSR count). The second kappa shape index (κ2) is 4.79. The van der Waals surface area contributed by atoms with E-state index in [1.807, 2.05) is 0 Å². The quantitative estimate of drug-likeness (QED) is 0.913. The molecule has 16 heavy (non-hydrogen) atoms. The van der Waals surface area contributed by atoms with Crippen molar-refractivity contribution in [1.82, 2.24) is 4.98 Å². The van der Waals surface area contributed by atoms with Gasteiger partial charge in [-0.25, -0.2) is 9.37 Å². The van der Waals surface area contributed by atoms with E-state index in [0.29, 0.717) is 9.48 Å². The molecule has 0 aliphatic heterocycles. The lowest BCUT2D eigenvalue weighted by molar-refractivity contribution is 0.218. The summed E-state index contributed by atoms with van der Waals surface area (Å²) in [5.74, 6) is -0.600. The number of benzene rings is 1. The van der Waals surface area contributed by atoms with Gasteiger partial charge in [0.15, 0.2) is 0 Å². The number of nitrogens with zero attached hydrogens (tertiary/aromatic N) is 1. The molecule has 0 bridgehead atoms. The molecule has 0 spiro atoms. The lowest BCUT2D eigenvalue weighted by Crippen LogP contribution is -2.01. The fourth-order valence-electron chi connectivity index (χ4n) is 1.29. The summed E-state index contributed by atoms with van der Waals surface area (Å²) in [5.41, 5.74) is 1.72. The van der Waals surface area contributed by atoms with E-state index < -0.39 is 11.9 Å². The van der Waals surface area contributed by atoms with Crippen molar-refractivity contribution in [3.8, 4) is 0 Å². The molecule has 1 aromatic carbocycles. The maximum Gasteiger partial charge on any atom is 0.147 e. The first-order valence-corrected chi connectivity index (χ1v) is 6.37. The molecular formula is C10H6BrClFNOS. The van der Waals surface area contributed by atoms with E-state index in [2.05, 4.69) is 20.9 Å². The molecule has 0 fully saturated rings. The Morgan fingerprint density at radius 1 is 1.50 bits per heavy atom. The fourth-order valence-corrected chi connectivity index (χ4v) is 2.89. The predicted octanol–water partition coefficient (Wildman–Crippen LogP) is 3.78. The van der Waals surface area contributed by atoms with Crippen molar-refractivity contribution < 1.29 is 9.50 Å². The molecule has 1 aromatic heterocycles. The zero-order chi connectivity index (χ0) is 11.7. The highest BCUT2D eigenvalue weighted by Crippen LogP contribution is 2.33. The predicted molar refractivity (Wildman–Crippen MR) is 65.3 cm³/mol. The summed E-state index contributed by atoms with van der Waals surface area (Å²) in [6, 6.07) is 4.53. The van der Waals surface area contributed by atoms with Crippen LogP contribution in [0.15, 0.2) is 28.3 Å². The Kier molecular flexibility index (Phi) is 3.59. The van der Waals surface area contributed by atoms with Crippen LogP contribution >= 0.6 is 38.9 Å². The van der Waals surface area contributed by atoms with Crippen LogP contribution in [0.4, 0.5) is 4.39 Å². The molecule has 6 heteroatoms. The first-order valence-electron chi connectivity index (χ1n) is 4.32. The van der Waals surface area contributed by atoms with Gasteiger partial charge in [0.2, 0.25) is 0 Å². The number of aliphatic hydroxyl groups is 1. The Morgan fingerprint density at radius 3 is 2.88 bits per heavy atom. The standard InChI is InChI=1S/C10H6BrClFNOS/c11-10-9(16-4-14-10)8(15)5-2-1-3-6(12)7(5)13/h1-4,8,15H. The van der Waals surface area contributed by atoms with Gasteiger partial charge in [-0.2, -0.15) is 0 Å². The van der Waals surface area contributed by atoms with Crippen molar-refractivity contribution in [2.45, 2.75) is 6.10 Å². The van der Waals surface area contributed by atoms with E-state index in [1.54, 1.807) is 11.6 Å². The first kappa shape index (κ1) is 12.0. The van der Waals surface area contributed by atoms with Crippen LogP contribution in [-0.4, -0.2) is 10.1 Å². The number of hydrogen-bond acceptors (Lipinski definition) is 3. The van der Waals surface area contributed by atoms with Crippen LogP contribution in [0.25, 0.3) is 0 Å². The van der Waals surface area contributed by atoms with Crippen molar-refractivity contribution in [3.05, 3.63) is 49.6 Å². The van der Waals surface area contributed by atoms with Crippen LogP contribution in [0, 0.1) is 5.82 Å². The van der Waals surface area contributed by atoms with E-state index in [-0.39, 0.29) is 10.6 Å². The van der Waals surface area contributed by atoms with Crippen molar-refractivity contribution in [2.75, 3.05) is 0 Å². The third-order valence-corrected chi connectivity index (χ3v) is 4.14. The fraction of sp³-hybridized carbons (Fsp3) is 0.100. The van der Waals surface area contributed by atoms with Crippen LogP contribution in [-0.2, 0) is 0 Å². The number of rotatable bonds is 2. The topological polar surface area (TPSA) is 33.1 Å². The third-order valence-electron chi connectivity index (χ3n) is 2.07. The van der Waals surface area contributed by atoms with Crippen LogP contribution in [0.5, 0.6) is 0 Å². The maximum absolute atomic E-state index is 13.7. The zero-order valence-electron chi connectivity index (χ0n) is 7.82. The van der Waals surface area contributed by atoms with Crippen molar-refractivity contribution >= 4 is 38.9 Å². The van der Waals surface area contributed by atoms with Gasteiger partial charge in [-0.05, 0) is 22.0 Å². The van der Waals surface area contributed by atoms with Gasteiger partial charge in [0.1, 0.15) is 16.5 Å². The molecule has 0 saturated heterocycles. The van der Waals surface area contributed by atoms with Gasteiger partial charge < -0.3 is 5.11 Å². The number of aromatic nitrogens is 1. The molecule has 0 saturated carbocycles. The minimum Gasteiger partial charge on any atom is -0.383 e. The normalized spacial score (nSPS) is 12.8. The van der Waals surface area contributed by atoms with Gasteiger partial charge in [0.05, 0.1) is 15.4 Å². The Labute approximate surface area is 109 Å². The molecule has 2 aromatic rings. The van der Waals surface area contributed by atoms with E-state index in [0.717, 1.165) is 0 Å². The smallest absolute Gasteiger partial charge is 0.147 e. The second-order valence-corrected chi connectivity index (χ2v) is 5.10. The summed E-state index contributed by atoms with van der Waals surface area (Å²) in [5, 5.41) is 10.0. The Balaban J connectivity index is 2.46. The molecule has 2 nitrogen and oxygen atoms in total. The van der Waals surface area contributed by atoms with Crippen molar-refractivity contribution in [3.63, 3.8) is 0 Å². The van der Waals surface area contributed by atoms with E-state index in [1.165, 1.54) is 23.5 Å². The molecule has 1 heterocycles. The van der Waals surface area contributed by atoms with E-state index in [9.17, 15) is 9.50 Å². The van der Waals surface area contributed by atoms with Gasteiger partial charge >= 0.3 is 0 Å². The van der Waals surface area contributed by atoms with Gasteiger partial charge in [0, 0.05) is 5.56 Å². The molecule has 1 unspecified atom stereocenters. The molecule has 0 aliphatic carbocycles. The number of hydrogen-bond donors (Lipinski definition) is 1. The highest BCUT2D eigenvalue weighted by molar-refractivity contribution is 9.10. The van der Waals surface area contributed by atoms with E-state index >= 15 is 0 Å². The highest BCUT2D eigenvalue weighted by Gasteiger charge is 2.20. The van der Waals surface area contributed by atoms with Gasteiger partial charge in [0.25, 0.3) is 0 Å². The van der Waals surface area contributed by atoms with E-state index in [4.69, 9.17) is 11.6 Å². The molecule has 84 valence electrons. The zero-order valence-corrected chi connectivity index (χ0v) is 11.0. The average molecular weight is 323 g/mol. The van der Waals surface area contributed by atoms with Gasteiger partial charge in [-0.1, -0.05) is 23.7 Å². The molecule has 0 amide bonds. The Hall–Kier alpha value is -0.490. The van der Waals surface area contributed by atoms with Crippen LogP contribution in [0.2, 0.25) is 5.02 Å². The minimum atomic E-state index is -1.06. The summed E-state index contributed by atoms with van der Waals surface area (Å²) in [6.07, 6.45) is -1.06. The number of aliphatic hydroxyl groups excluding tert-OH is 1. The lowest BCUT2D eigenvalue weighted by Gasteiger charge is -2.10. The second-order valence-electron chi connectivity index (χ2n) is 3.05. The number of halogens is 3. The lowest BCUT2D eigenvalue weighted by atomic mass is 10.1. The number of thiazole rings is 1. The Bertz CT molecular complexity index is 519. The summed E-state index contributed by atoms with van der Waals surface area (Å²) in [7, 11) is 0. The van der Waals surface area contributed by atoms with Crippen LogP contribution < -0.4 is 0 Å². The molecular weight excluding hydrogens is 317 g/mol. The average Bonchev–Trinajstić information content (AvgIpc) is 2.68. The highest BCUT2D eigenvalue weighted by atomic mass is 79.9. The SMILES string of the molecule is OC(c1cccc(Cl)c1F)c1scnc1Br. The molecule has 0 radical (unpaired) electrons. The monoisotopic (exact) mass is 321 g/mol. The summed E-state index contributed by atoms with van der Waals surface area (Å²) in [4.78, 5) is 4.49. The van der Waals surface area contributed by atoms with Crippen molar-refractivity contribution in [2.24, 2.45) is 0 Å². The Morgan fingerprint density at radius 2 is 2.25 bits per heavy atom. The van der Waals surface area contributed by atoms with Gasteiger partial charge in [-0.3, -0.25) is 0 Å². The van der Waals surface area contributed by atoms with Crippen LogP contribution in [0.1, 0.15) is 16.5 Å². The van der Waals surface area contributed by atoms with Gasteiger partial charge in [-0.15, -0.1) is 11.3 Å². The first-order chi connectivity index (χ1) is 7.61. The minimum absolute atomic E-state index is 0.00260. The molecule has 0 aliphatic rings. The maximum atomic E-state index is 13.7. The third kappa shape index (κ3) is 2.13. The molecule has 1 N–H and O–H groups in total.